The predicted molar refractivity (Wildman–Crippen MR) is 85.4 cm³/mol. The average Bonchev–Trinajstić information content (AvgIpc) is 2.33. The maximum absolute atomic E-state index is 7.59. The molecule has 2 N–H and O–H groups in total. The summed E-state index contributed by atoms with van der Waals surface area (Å²) in [6, 6.07) is 5.94. The Balaban J connectivity index is 0. The first-order chi connectivity index (χ1) is 7.83. The average molecular weight is 308 g/mol. The Labute approximate surface area is 125 Å². The molecule has 18 heavy (non-hydrogen) atoms. The summed E-state index contributed by atoms with van der Waals surface area (Å²) in [5.41, 5.74) is 1.10. The molecule has 0 unspecified atom stereocenters. The molecule has 1 rings (SSSR count). The minimum Gasteiger partial charge on any atom is -0.371 e. The van der Waals surface area contributed by atoms with Gasteiger partial charge in [0.25, 0.3) is 0 Å². The number of pyridine rings is 1. The standard InChI is InChI=1S/C12H17N3S.2ClH/c1-2-7-15-12(13)6-9-16-10-11-5-3-4-8-14-11;;/h2-5,8H,1,6-7,9-10H2,(H2,13,15);2*1H. The van der Waals surface area contributed by atoms with E-state index in [-0.39, 0.29) is 24.8 Å². The van der Waals surface area contributed by atoms with Crippen molar-refractivity contribution < 1.29 is 0 Å². The van der Waals surface area contributed by atoms with Crippen molar-refractivity contribution in [1.29, 1.82) is 5.41 Å². The fraction of sp³-hybridized carbons (Fsp3) is 0.333. The van der Waals surface area contributed by atoms with Crippen molar-refractivity contribution in [2.24, 2.45) is 0 Å². The molecular weight excluding hydrogens is 289 g/mol. The van der Waals surface area contributed by atoms with Crippen molar-refractivity contribution in [3.63, 3.8) is 0 Å². The van der Waals surface area contributed by atoms with Crippen LogP contribution in [0.25, 0.3) is 0 Å². The highest BCUT2D eigenvalue weighted by Gasteiger charge is 1.97. The molecule has 6 heteroatoms. The number of nitrogens with zero attached hydrogens (tertiary/aromatic N) is 1. The molecule has 0 fully saturated rings. The molecule has 0 saturated heterocycles. The molecule has 3 nitrogen and oxygen atoms in total. The van der Waals surface area contributed by atoms with Gasteiger partial charge < -0.3 is 5.32 Å². The lowest BCUT2D eigenvalue weighted by molar-refractivity contribution is 0.984. The molecule has 0 aliphatic heterocycles. The van der Waals surface area contributed by atoms with E-state index >= 15 is 0 Å². The smallest absolute Gasteiger partial charge is 0.0942 e. The third-order valence-electron chi connectivity index (χ3n) is 1.93. The van der Waals surface area contributed by atoms with E-state index in [4.69, 9.17) is 5.41 Å². The second kappa shape index (κ2) is 12.7. The lowest BCUT2D eigenvalue weighted by atomic mass is 10.4. The van der Waals surface area contributed by atoms with E-state index < -0.39 is 0 Å². The Morgan fingerprint density at radius 3 is 2.83 bits per heavy atom. The first-order valence-electron chi connectivity index (χ1n) is 5.22. The summed E-state index contributed by atoms with van der Waals surface area (Å²) in [6.07, 6.45) is 4.34. The lowest BCUT2D eigenvalue weighted by Gasteiger charge is -2.05. The van der Waals surface area contributed by atoms with Gasteiger partial charge in [0.2, 0.25) is 0 Å². The van der Waals surface area contributed by atoms with Gasteiger partial charge in [0.1, 0.15) is 0 Å². The van der Waals surface area contributed by atoms with E-state index in [1.165, 1.54) is 0 Å². The number of hydrogen-bond donors (Lipinski definition) is 2. The van der Waals surface area contributed by atoms with Crippen molar-refractivity contribution in [2.45, 2.75) is 12.2 Å². The first kappa shape index (κ1) is 19.6. The highest BCUT2D eigenvalue weighted by atomic mass is 35.5. The van der Waals surface area contributed by atoms with E-state index in [0.29, 0.717) is 12.4 Å². The molecule has 0 aromatic carbocycles. The largest absolute Gasteiger partial charge is 0.371 e. The van der Waals surface area contributed by atoms with Crippen LogP contribution in [0.1, 0.15) is 12.1 Å². The SMILES string of the molecule is C=CCNC(=N)CCSCc1ccccn1.Cl.Cl. The minimum absolute atomic E-state index is 0. The number of amidine groups is 1. The maximum atomic E-state index is 7.59. The van der Waals surface area contributed by atoms with Crippen molar-refractivity contribution >= 4 is 42.4 Å². The number of rotatable bonds is 7. The third kappa shape index (κ3) is 9.33. The highest BCUT2D eigenvalue weighted by Crippen LogP contribution is 2.10. The van der Waals surface area contributed by atoms with Crippen LogP contribution in [0, 0.1) is 5.41 Å². The molecule has 0 amide bonds. The summed E-state index contributed by atoms with van der Waals surface area (Å²) in [5.74, 6) is 2.43. The summed E-state index contributed by atoms with van der Waals surface area (Å²) in [5, 5.41) is 10.6. The van der Waals surface area contributed by atoms with Crippen LogP contribution in [-0.2, 0) is 5.75 Å². The quantitative estimate of drug-likeness (QED) is 0.352. The van der Waals surface area contributed by atoms with Gasteiger partial charge in [-0.05, 0) is 12.1 Å². The Hall–Kier alpha value is -0.710. The van der Waals surface area contributed by atoms with E-state index in [1.54, 1.807) is 17.8 Å². The molecule has 0 spiro atoms. The molecule has 0 aliphatic carbocycles. The number of hydrogen-bond acceptors (Lipinski definition) is 3. The topological polar surface area (TPSA) is 48.8 Å². The van der Waals surface area contributed by atoms with Gasteiger partial charge in [0.15, 0.2) is 0 Å². The molecule has 0 bridgehead atoms. The number of halogens is 2. The number of thioether (sulfide) groups is 1. The van der Waals surface area contributed by atoms with Crippen LogP contribution in [0.2, 0.25) is 0 Å². The Kier molecular flexibility index (Phi) is 13.9. The second-order valence-electron chi connectivity index (χ2n) is 3.27. The Morgan fingerprint density at radius 1 is 1.44 bits per heavy atom. The van der Waals surface area contributed by atoms with E-state index in [0.717, 1.165) is 23.6 Å². The minimum atomic E-state index is 0. The summed E-state index contributed by atoms with van der Waals surface area (Å²) < 4.78 is 0. The molecule has 102 valence electrons. The van der Waals surface area contributed by atoms with Gasteiger partial charge in [-0.3, -0.25) is 10.4 Å². The molecule has 0 atom stereocenters. The van der Waals surface area contributed by atoms with E-state index in [1.807, 2.05) is 24.4 Å². The molecule has 1 heterocycles. The maximum Gasteiger partial charge on any atom is 0.0942 e. The van der Waals surface area contributed by atoms with Crippen molar-refractivity contribution in [1.82, 2.24) is 10.3 Å². The fourth-order valence-electron chi connectivity index (χ4n) is 1.12. The monoisotopic (exact) mass is 307 g/mol. The Bertz CT molecular complexity index is 333. The van der Waals surface area contributed by atoms with Gasteiger partial charge in [-0.15, -0.1) is 31.4 Å². The van der Waals surface area contributed by atoms with Crippen LogP contribution in [0.5, 0.6) is 0 Å². The Morgan fingerprint density at radius 2 is 2.22 bits per heavy atom. The summed E-state index contributed by atoms with van der Waals surface area (Å²) in [7, 11) is 0. The predicted octanol–water partition coefficient (Wildman–Crippen LogP) is 3.30. The van der Waals surface area contributed by atoms with Gasteiger partial charge in [-0.25, -0.2) is 0 Å². The number of nitrogens with one attached hydrogen (secondary N) is 2. The zero-order chi connectivity index (χ0) is 11.6. The van der Waals surface area contributed by atoms with Crippen LogP contribution in [-0.4, -0.2) is 23.1 Å². The van der Waals surface area contributed by atoms with Gasteiger partial charge in [-0.1, -0.05) is 12.1 Å². The molecule has 1 aromatic rings. The summed E-state index contributed by atoms with van der Waals surface area (Å²) in [6.45, 7) is 4.27. The van der Waals surface area contributed by atoms with Crippen LogP contribution in [0.15, 0.2) is 37.1 Å². The first-order valence-corrected chi connectivity index (χ1v) is 6.38. The molecule has 0 radical (unpaired) electrons. The van der Waals surface area contributed by atoms with E-state index in [2.05, 4.69) is 16.9 Å². The zero-order valence-electron chi connectivity index (χ0n) is 10.1. The van der Waals surface area contributed by atoms with Crippen LogP contribution in [0.3, 0.4) is 0 Å². The van der Waals surface area contributed by atoms with Gasteiger partial charge in [0, 0.05) is 30.7 Å². The zero-order valence-corrected chi connectivity index (χ0v) is 12.5. The number of aromatic nitrogens is 1. The summed E-state index contributed by atoms with van der Waals surface area (Å²) >= 11 is 1.80. The fourth-order valence-corrected chi connectivity index (χ4v) is 1.99. The van der Waals surface area contributed by atoms with Gasteiger partial charge in [0.05, 0.1) is 11.5 Å². The third-order valence-corrected chi connectivity index (χ3v) is 2.92. The second-order valence-corrected chi connectivity index (χ2v) is 4.38. The molecule has 0 saturated carbocycles. The van der Waals surface area contributed by atoms with Crippen molar-refractivity contribution in [2.75, 3.05) is 12.3 Å². The molecule has 0 aliphatic rings. The lowest BCUT2D eigenvalue weighted by Crippen LogP contribution is -2.22. The van der Waals surface area contributed by atoms with Gasteiger partial charge >= 0.3 is 0 Å². The van der Waals surface area contributed by atoms with E-state index in [9.17, 15) is 0 Å². The van der Waals surface area contributed by atoms with Crippen molar-refractivity contribution in [3.05, 3.63) is 42.7 Å². The highest BCUT2D eigenvalue weighted by molar-refractivity contribution is 7.98. The van der Waals surface area contributed by atoms with Gasteiger partial charge in [-0.2, -0.15) is 11.8 Å². The molecular formula is C12H19Cl2N3S. The van der Waals surface area contributed by atoms with Crippen LogP contribution in [0.4, 0.5) is 0 Å². The summed E-state index contributed by atoms with van der Waals surface area (Å²) in [4.78, 5) is 4.24. The normalized spacial score (nSPS) is 8.67. The van der Waals surface area contributed by atoms with Crippen molar-refractivity contribution in [3.8, 4) is 0 Å². The van der Waals surface area contributed by atoms with Crippen LogP contribution < -0.4 is 5.32 Å². The molecule has 1 aromatic heterocycles. The van der Waals surface area contributed by atoms with Crippen LogP contribution >= 0.6 is 36.6 Å².